The summed E-state index contributed by atoms with van der Waals surface area (Å²) < 4.78 is 28.2. The SMILES string of the molecule is CC1(C)CC(NCCCS(C)(=O)=O)c2ccccc2O1. The van der Waals surface area contributed by atoms with Crippen LogP contribution < -0.4 is 10.1 Å². The molecular weight excluding hydrogens is 274 g/mol. The molecule has 112 valence electrons. The second-order valence-electron chi connectivity index (χ2n) is 6.09. The lowest BCUT2D eigenvalue weighted by molar-refractivity contribution is 0.0661. The van der Waals surface area contributed by atoms with E-state index in [2.05, 4.69) is 25.2 Å². The summed E-state index contributed by atoms with van der Waals surface area (Å²) >= 11 is 0. The molecule has 0 radical (unpaired) electrons. The summed E-state index contributed by atoms with van der Waals surface area (Å²) in [6, 6.07) is 8.25. The van der Waals surface area contributed by atoms with Crippen molar-refractivity contribution >= 4 is 9.84 Å². The van der Waals surface area contributed by atoms with Crippen molar-refractivity contribution in [3.05, 3.63) is 29.8 Å². The van der Waals surface area contributed by atoms with E-state index in [1.54, 1.807) is 0 Å². The number of ether oxygens (including phenoxy) is 1. The van der Waals surface area contributed by atoms with E-state index in [-0.39, 0.29) is 17.4 Å². The third-order valence-electron chi connectivity index (χ3n) is 3.46. The van der Waals surface area contributed by atoms with Crippen LogP contribution in [0, 0.1) is 0 Å². The number of sulfone groups is 1. The van der Waals surface area contributed by atoms with Gasteiger partial charge in [0.2, 0.25) is 0 Å². The Balaban J connectivity index is 2.01. The predicted octanol–water partition coefficient (Wildman–Crippen LogP) is 2.31. The molecule has 5 heteroatoms. The van der Waals surface area contributed by atoms with Crippen LogP contribution in [-0.2, 0) is 9.84 Å². The molecule has 0 amide bonds. The molecule has 0 aliphatic carbocycles. The van der Waals surface area contributed by atoms with Gasteiger partial charge in [-0.1, -0.05) is 18.2 Å². The van der Waals surface area contributed by atoms with Gasteiger partial charge in [0.15, 0.2) is 0 Å². The molecule has 1 aliphatic heterocycles. The Morgan fingerprint density at radius 2 is 2.05 bits per heavy atom. The second-order valence-corrected chi connectivity index (χ2v) is 8.35. The third-order valence-corrected chi connectivity index (χ3v) is 4.49. The summed E-state index contributed by atoms with van der Waals surface area (Å²) in [4.78, 5) is 0. The fourth-order valence-electron chi connectivity index (χ4n) is 2.60. The summed E-state index contributed by atoms with van der Waals surface area (Å²) in [5.74, 6) is 1.15. The van der Waals surface area contributed by atoms with Gasteiger partial charge in [-0.05, 0) is 32.9 Å². The zero-order valence-electron chi connectivity index (χ0n) is 12.3. The molecule has 1 aromatic carbocycles. The van der Waals surface area contributed by atoms with E-state index in [9.17, 15) is 8.42 Å². The lowest BCUT2D eigenvalue weighted by Crippen LogP contribution is -2.39. The minimum atomic E-state index is -2.88. The van der Waals surface area contributed by atoms with Gasteiger partial charge in [0, 0.05) is 24.3 Å². The van der Waals surface area contributed by atoms with Crippen molar-refractivity contribution in [3.63, 3.8) is 0 Å². The highest BCUT2D eigenvalue weighted by Crippen LogP contribution is 2.39. The van der Waals surface area contributed by atoms with Crippen LogP contribution in [0.4, 0.5) is 0 Å². The van der Waals surface area contributed by atoms with Gasteiger partial charge in [-0.25, -0.2) is 8.42 Å². The van der Waals surface area contributed by atoms with E-state index in [0.717, 1.165) is 17.7 Å². The number of rotatable bonds is 5. The maximum absolute atomic E-state index is 11.1. The number of benzene rings is 1. The molecule has 0 saturated carbocycles. The molecule has 1 aliphatic rings. The minimum Gasteiger partial charge on any atom is -0.487 e. The van der Waals surface area contributed by atoms with Gasteiger partial charge in [-0.15, -0.1) is 0 Å². The lowest BCUT2D eigenvalue weighted by atomic mass is 9.89. The fraction of sp³-hybridized carbons (Fsp3) is 0.600. The zero-order valence-corrected chi connectivity index (χ0v) is 13.2. The van der Waals surface area contributed by atoms with Crippen molar-refractivity contribution in [2.45, 2.75) is 38.3 Å². The van der Waals surface area contributed by atoms with E-state index in [1.807, 2.05) is 18.2 Å². The van der Waals surface area contributed by atoms with Gasteiger partial charge in [0.05, 0.1) is 5.75 Å². The molecular formula is C15H23NO3S. The van der Waals surface area contributed by atoms with Crippen LogP contribution in [0.2, 0.25) is 0 Å². The molecule has 1 heterocycles. The van der Waals surface area contributed by atoms with Gasteiger partial charge >= 0.3 is 0 Å². The Labute approximate surface area is 121 Å². The first-order valence-corrected chi connectivity index (χ1v) is 9.02. The van der Waals surface area contributed by atoms with E-state index in [4.69, 9.17) is 4.74 Å². The molecule has 0 spiro atoms. The van der Waals surface area contributed by atoms with Gasteiger partial charge in [0.25, 0.3) is 0 Å². The average molecular weight is 297 g/mol. The third kappa shape index (κ3) is 4.21. The second kappa shape index (κ2) is 5.74. The summed E-state index contributed by atoms with van der Waals surface area (Å²) in [5.41, 5.74) is 0.953. The molecule has 1 N–H and O–H groups in total. The normalized spacial score (nSPS) is 21.1. The summed E-state index contributed by atoms with van der Waals surface area (Å²) in [6.07, 6.45) is 2.79. The van der Waals surface area contributed by atoms with E-state index in [0.29, 0.717) is 13.0 Å². The monoisotopic (exact) mass is 297 g/mol. The predicted molar refractivity (Wildman–Crippen MR) is 80.8 cm³/mol. The quantitative estimate of drug-likeness (QED) is 0.847. The number of para-hydroxylation sites is 1. The first-order chi connectivity index (χ1) is 9.27. The maximum Gasteiger partial charge on any atom is 0.147 e. The van der Waals surface area contributed by atoms with Crippen LogP contribution in [0.3, 0.4) is 0 Å². The van der Waals surface area contributed by atoms with Gasteiger partial charge < -0.3 is 10.1 Å². The summed E-state index contributed by atoms with van der Waals surface area (Å²) in [7, 11) is -2.88. The largest absolute Gasteiger partial charge is 0.487 e. The highest BCUT2D eigenvalue weighted by Gasteiger charge is 2.32. The Bertz CT molecular complexity index is 566. The van der Waals surface area contributed by atoms with Gasteiger partial charge in [-0.2, -0.15) is 0 Å². The Hall–Kier alpha value is -1.07. The molecule has 0 fully saturated rings. The Morgan fingerprint density at radius 3 is 2.75 bits per heavy atom. The standard InChI is InChI=1S/C15H23NO3S/c1-15(2)11-13(16-9-6-10-20(3,17)18)12-7-4-5-8-14(12)19-15/h4-5,7-8,13,16H,6,9-11H2,1-3H3. The molecule has 1 aromatic rings. The fourth-order valence-corrected chi connectivity index (χ4v) is 3.26. The molecule has 1 unspecified atom stereocenters. The number of fused-ring (bicyclic) bond motifs is 1. The van der Waals surface area contributed by atoms with Crippen molar-refractivity contribution < 1.29 is 13.2 Å². The Morgan fingerprint density at radius 1 is 1.35 bits per heavy atom. The topological polar surface area (TPSA) is 55.4 Å². The highest BCUT2D eigenvalue weighted by atomic mass is 32.2. The van der Waals surface area contributed by atoms with Crippen molar-refractivity contribution in [2.75, 3.05) is 18.6 Å². The van der Waals surface area contributed by atoms with Crippen molar-refractivity contribution in [1.82, 2.24) is 5.32 Å². The van der Waals surface area contributed by atoms with Gasteiger partial charge in [0.1, 0.15) is 21.2 Å². The van der Waals surface area contributed by atoms with E-state index >= 15 is 0 Å². The molecule has 2 rings (SSSR count). The lowest BCUT2D eigenvalue weighted by Gasteiger charge is -2.38. The first kappa shape index (κ1) is 15.3. The van der Waals surface area contributed by atoms with Crippen LogP contribution in [0.25, 0.3) is 0 Å². The molecule has 20 heavy (non-hydrogen) atoms. The minimum absolute atomic E-state index is 0.206. The Kier molecular flexibility index (Phi) is 4.39. The number of nitrogens with one attached hydrogen (secondary N) is 1. The van der Waals surface area contributed by atoms with Crippen LogP contribution in [-0.4, -0.2) is 32.6 Å². The van der Waals surface area contributed by atoms with Crippen LogP contribution in [0.15, 0.2) is 24.3 Å². The molecule has 0 aromatic heterocycles. The van der Waals surface area contributed by atoms with Gasteiger partial charge in [-0.3, -0.25) is 0 Å². The first-order valence-electron chi connectivity index (χ1n) is 6.96. The average Bonchev–Trinajstić information content (AvgIpc) is 2.32. The van der Waals surface area contributed by atoms with E-state index < -0.39 is 9.84 Å². The zero-order chi connectivity index (χ0) is 14.8. The van der Waals surface area contributed by atoms with Crippen LogP contribution in [0.1, 0.15) is 38.3 Å². The highest BCUT2D eigenvalue weighted by molar-refractivity contribution is 7.90. The number of hydrogen-bond donors (Lipinski definition) is 1. The van der Waals surface area contributed by atoms with E-state index in [1.165, 1.54) is 6.26 Å². The van der Waals surface area contributed by atoms with Crippen molar-refractivity contribution in [1.29, 1.82) is 0 Å². The van der Waals surface area contributed by atoms with Crippen LogP contribution >= 0.6 is 0 Å². The molecule has 4 nitrogen and oxygen atoms in total. The molecule has 0 saturated heterocycles. The molecule has 1 atom stereocenters. The number of hydrogen-bond acceptors (Lipinski definition) is 4. The van der Waals surface area contributed by atoms with Crippen molar-refractivity contribution in [2.24, 2.45) is 0 Å². The van der Waals surface area contributed by atoms with Crippen molar-refractivity contribution in [3.8, 4) is 5.75 Å². The van der Waals surface area contributed by atoms with Crippen LogP contribution in [0.5, 0.6) is 5.75 Å². The summed E-state index contributed by atoms with van der Waals surface area (Å²) in [5, 5.41) is 3.46. The molecule has 0 bridgehead atoms. The summed E-state index contributed by atoms with van der Waals surface area (Å²) in [6.45, 7) is 4.85. The smallest absolute Gasteiger partial charge is 0.147 e. The maximum atomic E-state index is 11.1.